The third-order valence-electron chi connectivity index (χ3n) is 3.56. The lowest BCUT2D eigenvalue weighted by Crippen LogP contribution is -2.20. The van der Waals surface area contributed by atoms with Crippen molar-refractivity contribution in [2.45, 2.75) is 18.2 Å². The molecule has 0 amide bonds. The molecule has 0 saturated heterocycles. The second-order valence-electron chi connectivity index (χ2n) is 5.14. The van der Waals surface area contributed by atoms with Gasteiger partial charge in [0.1, 0.15) is 11.2 Å². The molecule has 1 atom stereocenters. The molecule has 1 aromatic heterocycles. The Morgan fingerprint density at radius 2 is 1.85 bits per heavy atom. The molecule has 3 rings (SSSR count). The Morgan fingerprint density at radius 3 is 2.65 bits per heavy atom. The molecule has 1 unspecified atom stereocenters. The van der Waals surface area contributed by atoms with Crippen LogP contribution in [0, 0.1) is 0 Å². The van der Waals surface area contributed by atoms with Gasteiger partial charge in [-0.2, -0.15) is 0 Å². The molecule has 2 nitrogen and oxygen atoms in total. The Bertz CT molecular complexity index is 743. The van der Waals surface area contributed by atoms with Gasteiger partial charge >= 0.3 is 0 Å². The molecule has 0 aliphatic rings. The van der Waals surface area contributed by atoms with Gasteiger partial charge in [-0.3, -0.25) is 0 Å². The van der Waals surface area contributed by atoms with E-state index in [1.807, 2.05) is 31.2 Å². The van der Waals surface area contributed by atoms with E-state index >= 15 is 0 Å². The fraction of sp³-hybridized carbons (Fsp3) is 0.294. The van der Waals surface area contributed by atoms with Crippen molar-refractivity contribution in [2.24, 2.45) is 0 Å². The number of halogens is 1. The summed E-state index contributed by atoms with van der Waals surface area (Å²) in [6, 6.07) is 14.5. The topological polar surface area (TPSA) is 22.4 Å². The summed E-state index contributed by atoms with van der Waals surface area (Å²) in [7, 11) is 0. The van der Waals surface area contributed by atoms with Gasteiger partial charge in [0, 0.05) is 17.4 Å². The molecule has 0 aliphatic carbocycles. The van der Waals surface area contributed by atoms with Gasteiger partial charge < -0.3 is 9.15 Å². The average molecular weight is 333 g/mol. The minimum atomic E-state index is -0.185. The summed E-state index contributed by atoms with van der Waals surface area (Å²) in [5.74, 6) is 0. The zero-order valence-electron chi connectivity index (χ0n) is 11.7. The summed E-state index contributed by atoms with van der Waals surface area (Å²) in [6.45, 7) is 5.50. The minimum Gasteiger partial charge on any atom is -0.456 e. The van der Waals surface area contributed by atoms with E-state index in [0.29, 0.717) is 6.61 Å². The van der Waals surface area contributed by atoms with Crippen LogP contribution in [0.4, 0.5) is 0 Å². The predicted octanol–water partition coefficient (Wildman–Crippen LogP) is 5.23. The van der Waals surface area contributed by atoms with Crippen LogP contribution in [-0.2, 0) is 9.06 Å². The molecule has 0 spiro atoms. The monoisotopic (exact) mass is 332 g/mol. The third kappa shape index (κ3) is 2.36. The van der Waals surface area contributed by atoms with Gasteiger partial charge in [-0.1, -0.05) is 40.2 Å². The Hall–Kier alpha value is -1.32. The van der Waals surface area contributed by atoms with Crippen LogP contribution in [-0.4, -0.2) is 13.2 Å². The fourth-order valence-corrected chi connectivity index (χ4v) is 2.84. The second kappa shape index (κ2) is 5.23. The van der Waals surface area contributed by atoms with Gasteiger partial charge in [0.25, 0.3) is 0 Å². The average Bonchev–Trinajstić information content (AvgIpc) is 2.83. The molecule has 20 heavy (non-hydrogen) atoms. The molecule has 0 fully saturated rings. The lowest BCUT2D eigenvalue weighted by atomic mass is 9.99. The van der Waals surface area contributed by atoms with E-state index in [9.17, 15) is 0 Å². The zero-order valence-corrected chi connectivity index (χ0v) is 13.2. The van der Waals surface area contributed by atoms with Crippen molar-refractivity contribution in [2.75, 3.05) is 13.2 Å². The van der Waals surface area contributed by atoms with E-state index in [2.05, 4.69) is 41.1 Å². The number of rotatable bonds is 4. The van der Waals surface area contributed by atoms with Crippen molar-refractivity contribution in [3.05, 3.63) is 48.0 Å². The number of hydrogen-bond acceptors (Lipinski definition) is 2. The van der Waals surface area contributed by atoms with Crippen LogP contribution < -0.4 is 0 Å². The minimum absolute atomic E-state index is 0.185. The van der Waals surface area contributed by atoms with E-state index in [1.54, 1.807) is 0 Å². The van der Waals surface area contributed by atoms with E-state index in [1.165, 1.54) is 5.56 Å². The van der Waals surface area contributed by atoms with Gasteiger partial charge in [0.2, 0.25) is 0 Å². The van der Waals surface area contributed by atoms with Crippen molar-refractivity contribution in [1.29, 1.82) is 0 Å². The summed E-state index contributed by atoms with van der Waals surface area (Å²) < 4.78 is 11.2. The first-order valence-electron chi connectivity index (χ1n) is 6.80. The van der Waals surface area contributed by atoms with Gasteiger partial charge in [-0.05, 0) is 37.6 Å². The van der Waals surface area contributed by atoms with Crippen molar-refractivity contribution >= 4 is 37.9 Å². The molecule has 104 valence electrons. The molecule has 3 heteroatoms. The van der Waals surface area contributed by atoms with E-state index in [0.717, 1.165) is 28.5 Å². The SMILES string of the molecule is CCOCC(C)(Br)c1ccc2oc3ccccc3c2c1. The highest BCUT2D eigenvalue weighted by Gasteiger charge is 2.24. The van der Waals surface area contributed by atoms with Crippen molar-refractivity contribution < 1.29 is 9.15 Å². The lowest BCUT2D eigenvalue weighted by Gasteiger charge is -2.22. The first-order valence-corrected chi connectivity index (χ1v) is 7.59. The van der Waals surface area contributed by atoms with Crippen LogP contribution in [0.2, 0.25) is 0 Å². The van der Waals surface area contributed by atoms with E-state index in [4.69, 9.17) is 9.15 Å². The molecule has 0 aliphatic heterocycles. The van der Waals surface area contributed by atoms with Crippen molar-refractivity contribution in [1.82, 2.24) is 0 Å². The summed E-state index contributed by atoms with van der Waals surface area (Å²) in [5.41, 5.74) is 3.06. The first kappa shape index (κ1) is 13.7. The van der Waals surface area contributed by atoms with Crippen LogP contribution in [0.25, 0.3) is 21.9 Å². The van der Waals surface area contributed by atoms with Crippen LogP contribution in [0.5, 0.6) is 0 Å². The Morgan fingerprint density at radius 1 is 1.10 bits per heavy atom. The summed E-state index contributed by atoms with van der Waals surface area (Å²) in [4.78, 5) is 0. The molecule has 0 saturated carbocycles. The Labute approximate surface area is 126 Å². The molecular weight excluding hydrogens is 316 g/mol. The lowest BCUT2D eigenvalue weighted by molar-refractivity contribution is 0.129. The largest absolute Gasteiger partial charge is 0.456 e. The maximum Gasteiger partial charge on any atom is 0.135 e. The highest BCUT2D eigenvalue weighted by molar-refractivity contribution is 9.09. The molecule has 0 radical (unpaired) electrons. The number of hydrogen-bond donors (Lipinski definition) is 0. The number of benzene rings is 2. The molecule has 2 aromatic carbocycles. The zero-order chi connectivity index (χ0) is 14.2. The van der Waals surface area contributed by atoms with Crippen LogP contribution in [0.1, 0.15) is 19.4 Å². The second-order valence-corrected chi connectivity index (χ2v) is 6.89. The number of para-hydroxylation sites is 1. The van der Waals surface area contributed by atoms with E-state index in [-0.39, 0.29) is 4.32 Å². The highest BCUT2D eigenvalue weighted by Crippen LogP contribution is 2.36. The van der Waals surface area contributed by atoms with Crippen molar-refractivity contribution in [3.8, 4) is 0 Å². The molecule has 1 heterocycles. The van der Waals surface area contributed by atoms with Crippen molar-refractivity contribution in [3.63, 3.8) is 0 Å². The highest BCUT2D eigenvalue weighted by atomic mass is 79.9. The summed E-state index contributed by atoms with van der Waals surface area (Å²) in [6.07, 6.45) is 0. The Balaban J connectivity index is 2.12. The van der Waals surface area contributed by atoms with Crippen LogP contribution in [0.15, 0.2) is 46.9 Å². The number of ether oxygens (including phenoxy) is 1. The standard InChI is InChI=1S/C17H17BrO2/c1-3-19-11-17(2,18)12-8-9-16-14(10-12)13-6-4-5-7-15(13)20-16/h4-10H,3,11H2,1-2H3. The van der Waals surface area contributed by atoms with Gasteiger partial charge in [-0.15, -0.1) is 0 Å². The normalized spacial score (nSPS) is 14.8. The molecule has 0 N–H and O–H groups in total. The van der Waals surface area contributed by atoms with Crippen LogP contribution >= 0.6 is 15.9 Å². The molecule has 0 bridgehead atoms. The van der Waals surface area contributed by atoms with Crippen LogP contribution in [0.3, 0.4) is 0 Å². The maximum absolute atomic E-state index is 5.85. The summed E-state index contributed by atoms with van der Waals surface area (Å²) >= 11 is 3.77. The quantitative estimate of drug-likeness (QED) is 0.610. The van der Waals surface area contributed by atoms with Gasteiger partial charge in [-0.25, -0.2) is 0 Å². The smallest absolute Gasteiger partial charge is 0.135 e. The van der Waals surface area contributed by atoms with Gasteiger partial charge in [0.15, 0.2) is 0 Å². The predicted molar refractivity (Wildman–Crippen MR) is 86.5 cm³/mol. The molecule has 3 aromatic rings. The number of alkyl halides is 1. The number of furan rings is 1. The maximum atomic E-state index is 5.85. The Kier molecular flexibility index (Phi) is 3.57. The first-order chi connectivity index (χ1) is 9.62. The number of fused-ring (bicyclic) bond motifs is 3. The third-order valence-corrected chi connectivity index (χ3v) is 4.24. The summed E-state index contributed by atoms with van der Waals surface area (Å²) in [5, 5.41) is 2.31. The molecular formula is C17H17BrO2. The van der Waals surface area contributed by atoms with E-state index < -0.39 is 0 Å². The van der Waals surface area contributed by atoms with Gasteiger partial charge in [0.05, 0.1) is 10.9 Å². The fourth-order valence-electron chi connectivity index (χ4n) is 2.43.